The molecular weight excluding hydrogens is 210 g/mol. The minimum Gasteiger partial charge on any atom is -0.496 e. The lowest BCUT2D eigenvalue weighted by molar-refractivity contribution is 0.169. The lowest BCUT2D eigenvalue weighted by Gasteiger charge is -2.25. The van der Waals surface area contributed by atoms with Crippen LogP contribution in [-0.2, 0) is 4.74 Å². The molecule has 1 N–H and O–H groups in total. The van der Waals surface area contributed by atoms with Gasteiger partial charge >= 0.3 is 0 Å². The van der Waals surface area contributed by atoms with Gasteiger partial charge in [0.1, 0.15) is 5.76 Å². The fraction of sp³-hybridized carbons (Fsp3) is 0.467. The monoisotopic (exact) mass is 231 g/mol. The number of nitrogens with one attached hydrogen (secondary N) is 1. The van der Waals surface area contributed by atoms with E-state index >= 15 is 0 Å². The van der Waals surface area contributed by atoms with Crippen molar-refractivity contribution in [2.75, 3.05) is 13.7 Å². The van der Waals surface area contributed by atoms with E-state index in [1.165, 1.54) is 16.7 Å². The van der Waals surface area contributed by atoms with Crippen molar-refractivity contribution in [1.29, 1.82) is 0 Å². The molecular formula is C15H21NO. The Kier molecular flexibility index (Phi) is 3.85. The van der Waals surface area contributed by atoms with Crippen LogP contribution in [0.4, 0.5) is 0 Å². The highest BCUT2D eigenvalue weighted by molar-refractivity contribution is 5.38. The van der Waals surface area contributed by atoms with Crippen molar-refractivity contribution in [3.8, 4) is 0 Å². The second kappa shape index (κ2) is 5.37. The summed E-state index contributed by atoms with van der Waals surface area (Å²) in [7, 11) is 1.99. The van der Waals surface area contributed by atoms with Gasteiger partial charge in [-0.1, -0.05) is 18.2 Å². The Labute approximate surface area is 104 Å². The molecule has 1 aromatic rings. The highest BCUT2D eigenvalue weighted by Crippen LogP contribution is 2.28. The summed E-state index contributed by atoms with van der Waals surface area (Å²) in [4.78, 5) is 0. The van der Waals surface area contributed by atoms with E-state index in [9.17, 15) is 0 Å². The van der Waals surface area contributed by atoms with Gasteiger partial charge in [0.05, 0.1) is 12.6 Å². The van der Waals surface area contributed by atoms with Gasteiger partial charge in [0.25, 0.3) is 0 Å². The van der Waals surface area contributed by atoms with E-state index in [2.05, 4.69) is 43.4 Å². The Morgan fingerprint density at radius 3 is 2.76 bits per heavy atom. The van der Waals surface area contributed by atoms with E-state index in [4.69, 9.17) is 4.74 Å². The average molecular weight is 231 g/mol. The molecule has 0 saturated heterocycles. The number of hydrogen-bond donors (Lipinski definition) is 1. The molecule has 2 nitrogen and oxygen atoms in total. The molecule has 92 valence electrons. The molecule has 2 heteroatoms. The van der Waals surface area contributed by atoms with Gasteiger partial charge in [-0.3, -0.25) is 0 Å². The summed E-state index contributed by atoms with van der Waals surface area (Å²) in [5, 5.41) is 3.36. The summed E-state index contributed by atoms with van der Waals surface area (Å²) >= 11 is 0. The van der Waals surface area contributed by atoms with Gasteiger partial charge in [0, 0.05) is 0 Å². The Morgan fingerprint density at radius 2 is 2.12 bits per heavy atom. The fourth-order valence-electron chi connectivity index (χ4n) is 2.32. The Balaban J connectivity index is 2.34. The van der Waals surface area contributed by atoms with Gasteiger partial charge in [-0.15, -0.1) is 0 Å². The van der Waals surface area contributed by atoms with Crippen LogP contribution in [0, 0.1) is 13.8 Å². The summed E-state index contributed by atoms with van der Waals surface area (Å²) in [5.41, 5.74) is 4.00. The van der Waals surface area contributed by atoms with Gasteiger partial charge in [0.2, 0.25) is 0 Å². The molecule has 1 atom stereocenters. The first kappa shape index (κ1) is 12.2. The number of benzene rings is 1. The Bertz CT molecular complexity index is 423. The molecule has 0 amide bonds. The van der Waals surface area contributed by atoms with E-state index in [0.29, 0.717) is 0 Å². The predicted octanol–water partition coefficient (Wildman–Crippen LogP) is 3.26. The van der Waals surface area contributed by atoms with Crippen LogP contribution in [0.25, 0.3) is 0 Å². The molecule has 0 bridgehead atoms. The van der Waals surface area contributed by atoms with Gasteiger partial charge < -0.3 is 10.1 Å². The van der Waals surface area contributed by atoms with Crippen molar-refractivity contribution in [1.82, 2.24) is 5.32 Å². The van der Waals surface area contributed by atoms with Crippen molar-refractivity contribution in [3.63, 3.8) is 0 Å². The lowest BCUT2D eigenvalue weighted by Crippen LogP contribution is -2.23. The zero-order valence-corrected chi connectivity index (χ0v) is 10.9. The standard InChI is InChI=1S/C15H21NO/c1-11-7-6-8-13(12(11)2)15(16-3)14-9-4-5-10-17-14/h6-9,15-16H,4-5,10H2,1-3H3. The quantitative estimate of drug-likeness (QED) is 0.862. The van der Waals surface area contributed by atoms with Crippen LogP contribution in [0.5, 0.6) is 0 Å². The third-order valence-corrected chi connectivity index (χ3v) is 3.49. The third-order valence-electron chi connectivity index (χ3n) is 3.49. The molecule has 1 unspecified atom stereocenters. The molecule has 1 aliphatic rings. The molecule has 0 aliphatic carbocycles. The molecule has 0 fully saturated rings. The van der Waals surface area contributed by atoms with Crippen molar-refractivity contribution < 1.29 is 4.74 Å². The molecule has 1 heterocycles. The molecule has 1 aliphatic heterocycles. The molecule has 17 heavy (non-hydrogen) atoms. The first-order valence-corrected chi connectivity index (χ1v) is 6.30. The van der Waals surface area contributed by atoms with E-state index in [-0.39, 0.29) is 6.04 Å². The van der Waals surface area contributed by atoms with Gasteiger partial charge in [-0.05, 0) is 56.5 Å². The minimum atomic E-state index is 0.190. The molecule has 0 spiro atoms. The molecule has 0 aromatic heterocycles. The third kappa shape index (κ3) is 2.52. The first-order valence-electron chi connectivity index (χ1n) is 6.30. The van der Waals surface area contributed by atoms with Crippen molar-refractivity contribution in [2.24, 2.45) is 0 Å². The zero-order valence-electron chi connectivity index (χ0n) is 10.9. The first-order chi connectivity index (χ1) is 8.24. The predicted molar refractivity (Wildman–Crippen MR) is 71.0 cm³/mol. The topological polar surface area (TPSA) is 21.3 Å². The zero-order chi connectivity index (χ0) is 12.3. The molecule has 0 radical (unpaired) electrons. The molecule has 0 saturated carbocycles. The number of rotatable bonds is 3. The van der Waals surface area contributed by atoms with Crippen LogP contribution in [0.3, 0.4) is 0 Å². The summed E-state index contributed by atoms with van der Waals surface area (Å²) in [6.07, 6.45) is 4.47. The van der Waals surface area contributed by atoms with Crippen molar-refractivity contribution in [2.45, 2.75) is 32.7 Å². The summed E-state index contributed by atoms with van der Waals surface area (Å²) < 4.78 is 5.78. The van der Waals surface area contributed by atoms with E-state index in [1.807, 2.05) is 7.05 Å². The highest BCUT2D eigenvalue weighted by Gasteiger charge is 2.20. The summed E-state index contributed by atoms with van der Waals surface area (Å²) in [6.45, 7) is 5.18. The largest absolute Gasteiger partial charge is 0.496 e. The van der Waals surface area contributed by atoms with E-state index in [0.717, 1.165) is 25.2 Å². The normalized spacial score (nSPS) is 17.2. The number of likely N-dealkylation sites (N-methyl/N-ethyl adjacent to an activating group) is 1. The van der Waals surface area contributed by atoms with Gasteiger partial charge in [-0.25, -0.2) is 0 Å². The Morgan fingerprint density at radius 1 is 1.29 bits per heavy atom. The maximum atomic E-state index is 5.78. The van der Waals surface area contributed by atoms with Crippen molar-refractivity contribution >= 4 is 0 Å². The second-order valence-corrected chi connectivity index (χ2v) is 4.61. The van der Waals surface area contributed by atoms with E-state index < -0.39 is 0 Å². The SMILES string of the molecule is CNC(C1=CCCCO1)c1cccc(C)c1C. The summed E-state index contributed by atoms with van der Waals surface area (Å²) in [6, 6.07) is 6.64. The van der Waals surface area contributed by atoms with Gasteiger partial charge in [0.15, 0.2) is 0 Å². The number of ether oxygens (including phenoxy) is 1. The minimum absolute atomic E-state index is 0.190. The van der Waals surface area contributed by atoms with Crippen LogP contribution >= 0.6 is 0 Å². The maximum Gasteiger partial charge on any atom is 0.113 e. The maximum absolute atomic E-state index is 5.78. The van der Waals surface area contributed by atoms with Crippen LogP contribution in [0.1, 0.15) is 35.6 Å². The smallest absolute Gasteiger partial charge is 0.113 e. The van der Waals surface area contributed by atoms with E-state index in [1.54, 1.807) is 0 Å². The molecule has 2 rings (SSSR count). The second-order valence-electron chi connectivity index (χ2n) is 4.61. The number of allylic oxidation sites excluding steroid dienone is 1. The van der Waals surface area contributed by atoms with Crippen LogP contribution < -0.4 is 5.32 Å². The lowest BCUT2D eigenvalue weighted by atomic mass is 9.95. The average Bonchev–Trinajstić information content (AvgIpc) is 2.37. The number of hydrogen-bond acceptors (Lipinski definition) is 2. The Hall–Kier alpha value is -1.28. The fourth-order valence-corrected chi connectivity index (χ4v) is 2.32. The van der Waals surface area contributed by atoms with Crippen LogP contribution in [0.15, 0.2) is 30.0 Å². The van der Waals surface area contributed by atoms with Gasteiger partial charge in [-0.2, -0.15) is 0 Å². The molecule has 1 aromatic carbocycles. The van der Waals surface area contributed by atoms with Crippen LogP contribution in [0.2, 0.25) is 0 Å². The van der Waals surface area contributed by atoms with Crippen LogP contribution in [-0.4, -0.2) is 13.7 Å². The highest BCUT2D eigenvalue weighted by atomic mass is 16.5. The number of aryl methyl sites for hydroxylation is 1. The van der Waals surface area contributed by atoms with Crippen molar-refractivity contribution in [3.05, 3.63) is 46.7 Å². The summed E-state index contributed by atoms with van der Waals surface area (Å²) in [5.74, 6) is 1.08.